The van der Waals surface area contributed by atoms with Gasteiger partial charge < -0.3 is 14.2 Å². The Balaban J connectivity index is 4.28. The minimum atomic E-state index is -0.793. The molecular weight excluding hydrogens is 961 g/mol. The zero-order valence-electron chi connectivity index (χ0n) is 50.9. The Hall–Kier alpha value is -4.19. The van der Waals surface area contributed by atoms with E-state index in [-0.39, 0.29) is 31.1 Å². The van der Waals surface area contributed by atoms with Crippen molar-refractivity contribution in [1.82, 2.24) is 0 Å². The van der Waals surface area contributed by atoms with E-state index in [0.29, 0.717) is 19.3 Å². The first-order valence-corrected chi connectivity index (χ1v) is 32.5. The molecule has 0 N–H and O–H groups in total. The van der Waals surface area contributed by atoms with Gasteiger partial charge >= 0.3 is 17.9 Å². The highest BCUT2D eigenvalue weighted by Gasteiger charge is 2.19. The van der Waals surface area contributed by atoms with Gasteiger partial charge in [0.15, 0.2) is 6.10 Å². The van der Waals surface area contributed by atoms with Crippen molar-refractivity contribution < 1.29 is 28.6 Å². The Bertz CT molecular complexity index is 1620. The average molecular weight is 1080 g/mol. The number of allylic oxidation sites excluding steroid dienone is 20. The molecule has 6 nitrogen and oxygen atoms in total. The lowest BCUT2D eigenvalue weighted by Crippen LogP contribution is -2.30. The standard InChI is InChI=1S/C72H120O6/c1-4-7-10-13-16-19-22-24-26-28-30-32-34-35-36-37-39-40-42-44-46-48-50-53-56-59-62-65-71(74)77-68-69(67-76-70(73)64-61-58-55-52-21-18-15-12-9-6-3)78-72(75)66-63-60-57-54-51-49-47-45-43-41-38-33-31-29-27-25-23-20-17-14-11-8-5-2/h7-8,10-11,16-17,19-20,24-27,30-33,41,43,47,49,69H,4-6,9,12-15,18,21-23,28-29,34-40,42,44-46,48,50-68H2,1-3H3/b10-7-,11-8-,19-16-,20-17-,26-24-,27-25-,32-30-,33-31-,43-41-,49-47-. The molecule has 0 aliphatic heterocycles. The molecule has 0 radical (unpaired) electrons. The summed E-state index contributed by atoms with van der Waals surface area (Å²) < 4.78 is 16.9. The molecule has 6 heteroatoms. The summed E-state index contributed by atoms with van der Waals surface area (Å²) in [5.74, 6) is -0.909. The molecule has 0 rings (SSSR count). The summed E-state index contributed by atoms with van der Waals surface area (Å²) in [7, 11) is 0. The van der Waals surface area contributed by atoms with Crippen LogP contribution in [0.5, 0.6) is 0 Å². The van der Waals surface area contributed by atoms with E-state index >= 15 is 0 Å². The van der Waals surface area contributed by atoms with Gasteiger partial charge in [-0.1, -0.05) is 290 Å². The van der Waals surface area contributed by atoms with Crippen molar-refractivity contribution in [3.8, 4) is 0 Å². The van der Waals surface area contributed by atoms with Gasteiger partial charge in [0.1, 0.15) is 13.2 Å². The minimum absolute atomic E-state index is 0.0880. The normalized spacial score (nSPS) is 12.9. The molecule has 0 amide bonds. The molecule has 0 bridgehead atoms. The molecule has 0 aromatic heterocycles. The van der Waals surface area contributed by atoms with Gasteiger partial charge in [-0.3, -0.25) is 14.4 Å². The van der Waals surface area contributed by atoms with Crippen LogP contribution in [0.15, 0.2) is 122 Å². The van der Waals surface area contributed by atoms with Crippen LogP contribution >= 0.6 is 0 Å². The van der Waals surface area contributed by atoms with Crippen LogP contribution in [0.25, 0.3) is 0 Å². The molecule has 78 heavy (non-hydrogen) atoms. The third-order valence-electron chi connectivity index (χ3n) is 13.7. The van der Waals surface area contributed by atoms with Gasteiger partial charge in [0, 0.05) is 19.3 Å². The average Bonchev–Trinajstić information content (AvgIpc) is 3.44. The van der Waals surface area contributed by atoms with Gasteiger partial charge in [-0.05, 0) is 109 Å². The number of carbonyl (C=O) groups is 3. The fraction of sp³-hybridized carbons (Fsp3) is 0.681. The van der Waals surface area contributed by atoms with E-state index in [2.05, 4.69) is 142 Å². The van der Waals surface area contributed by atoms with Gasteiger partial charge in [0.2, 0.25) is 0 Å². The van der Waals surface area contributed by atoms with E-state index in [0.717, 1.165) is 135 Å². The third kappa shape index (κ3) is 62.7. The highest BCUT2D eigenvalue weighted by Crippen LogP contribution is 2.16. The van der Waals surface area contributed by atoms with Crippen molar-refractivity contribution in [2.45, 2.75) is 303 Å². The highest BCUT2D eigenvalue weighted by atomic mass is 16.6. The molecule has 0 aromatic carbocycles. The maximum atomic E-state index is 12.9. The van der Waals surface area contributed by atoms with Crippen LogP contribution < -0.4 is 0 Å². The summed E-state index contributed by atoms with van der Waals surface area (Å²) in [4.78, 5) is 38.3. The Morgan fingerprint density at radius 2 is 0.500 bits per heavy atom. The highest BCUT2D eigenvalue weighted by molar-refractivity contribution is 5.71. The lowest BCUT2D eigenvalue weighted by Gasteiger charge is -2.18. The third-order valence-corrected chi connectivity index (χ3v) is 13.7. The Morgan fingerprint density at radius 1 is 0.269 bits per heavy atom. The minimum Gasteiger partial charge on any atom is -0.462 e. The molecular formula is C72H120O6. The van der Waals surface area contributed by atoms with E-state index in [4.69, 9.17) is 14.2 Å². The molecule has 0 aliphatic carbocycles. The number of unbranched alkanes of at least 4 members (excludes halogenated alkanes) is 27. The van der Waals surface area contributed by atoms with Crippen LogP contribution in [0.3, 0.4) is 0 Å². The summed E-state index contributed by atoms with van der Waals surface area (Å²) in [5.41, 5.74) is 0. The summed E-state index contributed by atoms with van der Waals surface area (Å²) >= 11 is 0. The second-order valence-corrected chi connectivity index (χ2v) is 21.3. The zero-order valence-corrected chi connectivity index (χ0v) is 50.9. The molecule has 0 saturated carbocycles. The van der Waals surface area contributed by atoms with Gasteiger partial charge in [-0.25, -0.2) is 0 Å². The number of rotatable bonds is 58. The van der Waals surface area contributed by atoms with E-state index < -0.39 is 6.10 Å². The smallest absolute Gasteiger partial charge is 0.306 e. The lowest BCUT2D eigenvalue weighted by molar-refractivity contribution is -0.167. The van der Waals surface area contributed by atoms with Gasteiger partial charge in [0.05, 0.1) is 0 Å². The van der Waals surface area contributed by atoms with Crippen molar-refractivity contribution in [3.63, 3.8) is 0 Å². The molecule has 0 aromatic rings. The maximum absolute atomic E-state index is 12.9. The second kappa shape index (κ2) is 65.3. The SMILES string of the molecule is CC/C=C\C/C=C\C/C=C\C/C=C\C/C=C\C/C=C\CCCCCCC(=O)OC(COC(=O)CCCCCCCCCCCC)COC(=O)CCCCCCCCCCCCCCCC/C=C\C/C=C\C/C=C\C/C=C\CC. The summed E-state index contributed by atoms with van der Waals surface area (Å²) in [6.07, 6.45) is 90.7. The second-order valence-electron chi connectivity index (χ2n) is 21.3. The number of carbonyl (C=O) groups excluding carboxylic acids is 3. The van der Waals surface area contributed by atoms with Crippen molar-refractivity contribution >= 4 is 17.9 Å². The molecule has 1 atom stereocenters. The Morgan fingerprint density at radius 3 is 0.782 bits per heavy atom. The molecule has 0 spiro atoms. The Kier molecular flexibility index (Phi) is 61.8. The van der Waals surface area contributed by atoms with Crippen molar-refractivity contribution in [2.24, 2.45) is 0 Å². The zero-order chi connectivity index (χ0) is 56.4. The fourth-order valence-electron chi connectivity index (χ4n) is 8.91. The van der Waals surface area contributed by atoms with Crippen LogP contribution in [0.2, 0.25) is 0 Å². The van der Waals surface area contributed by atoms with E-state index in [1.54, 1.807) is 0 Å². The van der Waals surface area contributed by atoms with Gasteiger partial charge in [-0.15, -0.1) is 0 Å². The summed E-state index contributed by atoms with van der Waals surface area (Å²) in [6, 6.07) is 0. The molecule has 1 unspecified atom stereocenters. The van der Waals surface area contributed by atoms with Crippen LogP contribution in [0, 0.1) is 0 Å². The maximum Gasteiger partial charge on any atom is 0.306 e. The number of hydrogen-bond donors (Lipinski definition) is 0. The molecule has 444 valence electrons. The van der Waals surface area contributed by atoms with E-state index in [9.17, 15) is 14.4 Å². The first kappa shape index (κ1) is 73.8. The number of ether oxygens (including phenoxy) is 3. The van der Waals surface area contributed by atoms with Crippen LogP contribution in [0.1, 0.15) is 297 Å². The van der Waals surface area contributed by atoms with Crippen LogP contribution in [0.4, 0.5) is 0 Å². The first-order valence-electron chi connectivity index (χ1n) is 32.5. The molecule has 0 saturated heterocycles. The lowest BCUT2D eigenvalue weighted by atomic mass is 10.0. The Labute approximate surface area is 482 Å². The van der Waals surface area contributed by atoms with Gasteiger partial charge in [-0.2, -0.15) is 0 Å². The predicted octanol–water partition coefficient (Wildman–Crippen LogP) is 22.4. The van der Waals surface area contributed by atoms with Crippen LogP contribution in [-0.4, -0.2) is 37.2 Å². The summed E-state index contributed by atoms with van der Waals surface area (Å²) in [5, 5.41) is 0. The van der Waals surface area contributed by atoms with Crippen molar-refractivity contribution in [1.29, 1.82) is 0 Å². The number of esters is 3. The van der Waals surface area contributed by atoms with Gasteiger partial charge in [0.25, 0.3) is 0 Å². The largest absolute Gasteiger partial charge is 0.462 e. The quantitative estimate of drug-likeness (QED) is 0.0261. The van der Waals surface area contributed by atoms with E-state index in [1.807, 2.05) is 0 Å². The number of hydrogen-bond acceptors (Lipinski definition) is 6. The van der Waals surface area contributed by atoms with E-state index in [1.165, 1.54) is 122 Å². The molecule has 0 heterocycles. The molecule has 0 aliphatic rings. The monoisotopic (exact) mass is 1080 g/mol. The first-order chi connectivity index (χ1) is 38.5. The molecule has 0 fully saturated rings. The van der Waals surface area contributed by atoms with Crippen molar-refractivity contribution in [2.75, 3.05) is 13.2 Å². The van der Waals surface area contributed by atoms with Crippen molar-refractivity contribution in [3.05, 3.63) is 122 Å². The predicted molar refractivity (Wildman–Crippen MR) is 339 cm³/mol. The van der Waals surface area contributed by atoms with Crippen LogP contribution in [-0.2, 0) is 28.6 Å². The topological polar surface area (TPSA) is 78.9 Å². The fourth-order valence-corrected chi connectivity index (χ4v) is 8.91. The summed E-state index contributed by atoms with van der Waals surface area (Å²) in [6.45, 7) is 6.40.